The van der Waals surface area contributed by atoms with E-state index >= 15 is 0 Å². The maximum atomic E-state index is 5.73. The fraction of sp³-hybridized carbons (Fsp3) is 1.00. The van der Waals surface area contributed by atoms with Crippen molar-refractivity contribution in [3.63, 3.8) is 0 Å². The second kappa shape index (κ2) is 6.49. The molecule has 15 heavy (non-hydrogen) atoms. The van der Waals surface area contributed by atoms with E-state index in [1.165, 1.54) is 38.6 Å². The highest BCUT2D eigenvalue weighted by molar-refractivity contribution is 4.92. The minimum atomic E-state index is 0.373. The van der Waals surface area contributed by atoms with Crippen molar-refractivity contribution in [3.8, 4) is 0 Å². The molecule has 1 fully saturated rings. The standard InChI is InChI=1S/C13H28N2/c1-4-12-8-13(12)15-9-10(2)6-5-7-11(3)14/h10-13,15H,4-9,14H2,1-3H3. The fourth-order valence-electron chi connectivity index (χ4n) is 2.19. The van der Waals surface area contributed by atoms with E-state index in [2.05, 4.69) is 26.1 Å². The van der Waals surface area contributed by atoms with Crippen molar-refractivity contribution in [1.29, 1.82) is 0 Å². The van der Waals surface area contributed by atoms with Crippen LogP contribution in [0.25, 0.3) is 0 Å². The number of hydrogen-bond acceptors (Lipinski definition) is 2. The van der Waals surface area contributed by atoms with Gasteiger partial charge in [0.05, 0.1) is 0 Å². The smallest absolute Gasteiger partial charge is 0.00991 e. The van der Waals surface area contributed by atoms with Crippen molar-refractivity contribution in [2.75, 3.05) is 6.54 Å². The number of rotatable bonds is 8. The molecule has 0 aromatic rings. The molecule has 0 saturated heterocycles. The lowest BCUT2D eigenvalue weighted by atomic mass is 10.0. The maximum absolute atomic E-state index is 5.73. The number of nitrogens with one attached hydrogen (secondary N) is 1. The third-order valence-corrected chi connectivity index (χ3v) is 3.53. The first kappa shape index (κ1) is 13.0. The molecule has 0 amide bonds. The van der Waals surface area contributed by atoms with Gasteiger partial charge >= 0.3 is 0 Å². The number of nitrogens with two attached hydrogens (primary N) is 1. The van der Waals surface area contributed by atoms with Crippen LogP contribution in [0.15, 0.2) is 0 Å². The highest BCUT2D eigenvalue weighted by Crippen LogP contribution is 2.33. The van der Waals surface area contributed by atoms with E-state index in [0.717, 1.165) is 17.9 Å². The van der Waals surface area contributed by atoms with Crippen molar-refractivity contribution < 1.29 is 0 Å². The molecule has 0 heterocycles. The molecule has 4 atom stereocenters. The molecular weight excluding hydrogens is 184 g/mol. The third kappa shape index (κ3) is 5.53. The molecule has 0 aromatic carbocycles. The van der Waals surface area contributed by atoms with Crippen LogP contribution >= 0.6 is 0 Å². The van der Waals surface area contributed by atoms with Gasteiger partial charge in [0.25, 0.3) is 0 Å². The Labute approximate surface area is 95.0 Å². The summed E-state index contributed by atoms with van der Waals surface area (Å²) in [5.41, 5.74) is 5.73. The summed E-state index contributed by atoms with van der Waals surface area (Å²) in [5.74, 6) is 1.78. The summed E-state index contributed by atoms with van der Waals surface area (Å²) < 4.78 is 0. The van der Waals surface area contributed by atoms with Gasteiger partial charge in [-0.2, -0.15) is 0 Å². The quantitative estimate of drug-likeness (QED) is 0.649. The Kier molecular flexibility index (Phi) is 5.62. The van der Waals surface area contributed by atoms with Crippen molar-refractivity contribution in [1.82, 2.24) is 5.32 Å². The van der Waals surface area contributed by atoms with Gasteiger partial charge < -0.3 is 11.1 Å². The van der Waals surface area contributed by atoms with E-state index in [1.54, 1.807) is 0 Å². The molecule has 3 N–H and O–H groups in total. The van der Waals surface area contributed by atoms with Crippen LogP contribution in [0.2, 0.25) is 0 Å². The van der Waals surface area contributed by atoms with Gasteiger partial charge in [-0.25, -0.2) is 0 Å². The van der Waals surface area contributed by atoms with Gasteiger partial charge in [-0.05, 0) is 44.6 Å². The normalized spacial score (nSPS) is 28.8. The average molecular weight is 212 g/mol. The molecule has 0 aromatic heterocycles. The van der Waals surface area contributed by atoms with Gasteiger partial charge in [0.2, 0.25) is 0 Å². The molecule has 0 spiro atoms. The zero-order chi connectivity index (χ0) is 11.3. The van der Waals surface area contributed by atoms with E-state index in [-0.39, 0.29) is 0 Å². The van der Waals surface area contributed by atoms with E-state index in [9.17, 15) is 0 Å². The third-order valence-electron chi connectivity index (χ3n) is 3.53. The topological polar surface area (TPSA) is 38.0 Å². The van der Waals surface area contributed by atoms with Crippen molar-refractivity contribution in [2.24, 2.45) is 17.6 Å². The summed E-state index contributed by atoms with van der Waals surface area (Å²) in [5, 5.41) is 3.66. The Morgan fingerprint density at radius 1 is 1.33 bits per heavy atom. The molecule has 0 radical (unpaired) electrons. The molecule has 2 nitrogen and oxygen atoms in total. The molecule has 1 aliphatic rings. The van der Waals surface area contributed by atoms with Gasteiger partial charge in [0.1, 0.15) is 0 Å². The first-order chi connectivity index (χ1) is 7.13. The second-order valence-electron chi connectivity index (χ2n) is 5.43. The summed E-state index contributed by atoms with van der Waals surface area (Å²) in [6.07, 6.45) is 6.52. The SMILES string of the molecule is CCC1CC1NCC(C)CCCC(C)N. The Balaban J connectivity index is 1.92. The minimum Gasteiger partial charge on any atom is -0.328 e. The van der Waals surface area contributed by atoms with Gasteiger partial charge in [-0.15, -0.1) is 0 Å². The van der Waals surface area contributed by atoms with Crippen LogP contribution < -0.4 is 11.1 Å². The average Bonchev–Trinajstić information content (AvgIpc) is 2.92. The van der Waals surface area contributed by atoms with E-state index in [1.807, 2.05) is 0 Å². The molecule has 1 saturated carbocycles. The van der Waals surface area contributed by atoms with E-state index in [4.69, 9.17) is 5.73 Å². The molecule has 90 valence electrons. The first-order valence-corrected chi connectivity index (χ1v) is 6.62. The lowest BCUT2D eigenvalue weighted by molar-refractivity contribution is 0.441. The van der Waals surface area contributed by atoms with Crippen LogP contribution in [-0.4, -0.2) is 18.6 Å². The largest absolute Gasteiger partial charge is 0.328 e. The van der Waals surface area contributed by atoms with Crippen molar-refractivity contribution >= 4 is 0 Å². The number of hydrogen-bond donors (Lipinski definition) is 2. The Morgan fingerprint density at radius 2 is 2.07 bits per heavy atom. The molecule has 0 aliphatic heterocycles. The van der Waals surface area contributed by atoms with Crippen LogP contribution in [0.4, 0.5) is 0 Å². The molecule has 1 rings (SSSR count). The highest BCUT2D eigenvalue weighted by Gasteiger charge is 2.34. The lowest BCUT2D eigenvalue weighted by Crippen LogP contribution is -2.25. The summed E-state index contributed by atoms with van der Waals surface area (Å²) in [7, 11) is 0. The molecule has 1 aliphatic carbocycles. The van der Waals surface area contributed by atoms with Crippen LogP contribution in [-0.2, 0) is 0 Å². The van der Waals surface area contributed by atoms with Gasteiger partial charge in [-0.3, -0.25) is 0 Å². The van der Waals surface area contributed by atoms with Crippen molar-refractivity contribution in [2.45, 2.75) is 65.0 Å². The van der Waals surface area contributed by atoms with Crippen molar-refractivity contribution in [3.05, 3.63) is 0 Å². The zero-order valence-electron chi connectivity index (χ0n) is 10.6. The first-order valence-electron chi connectivity index (χ1n) is 6.62. The molecule has 0 bridgehead atoms. The van der Waals surface area contributed by atoms with Gasteiger partial charge in [0, 0.05) is 12.1 Å². The van der Waals surface area contributed by atoms with Gasteiger partial charge in [-0.1, -0.05) is 26.7 Å². The highest BCUT2D eigenvalue weighted by atomic mass is 15.0. The van der Waals surface area contributed by atoms with Crippen LogP contribution in [0, 0.1) is 11.8 Å². The van der Waals surface area contributed by atoms with E-state index in [0.29, 0.717) is 6.04 Å². The van der Waals surface area contributed by atoms with E-state index < -0.39 is 0 Å². The molecule has 4 unspecified atom stereocenters. The monoisotopic (exact) mass is 212 g/mol. The maximum Gasteiger partial charge on any atom is 0.00991 e. The summed E-state index contributed by atoms with van der Waals surface area (Å²) in [6.45, 7) is 7.93. The summed E-state index contributed by atoms with van der Waals surface area (Å²) in [6, 6.07) is 1.21. The van der Waals surface area contributed by atoms with Crippen LogP contribution in [0.5, 0.6) is 0 Å². The van der Waals surface area contributed by atoms with Gasteiger partial charge in [0.15, 0.2) is 0 Å². The molecule has 2 heteroatoms. The molecular formula is C13H28N2. The summed E-state index contributed by atoms with van der Waals surface area (Å²) >= 11 is 0. The fourth-order valence-corrected chi connectivity index (χ4v) is 2.19. The second-order valence-corrected chi connectivity index (χ2v) is 5.43. The lowest BCUT2D eigenvalue weighted by Gasteiger charge is -2.13. The zero-order valence-corrected chi connectivity index (χ0v) is 10.6. The Bertz CT molecular complexity index is 168. The predicted octanol–water partition coefficient (Wildman–Crippen LogP) is 2.53. The minimum absolute atomic E-state index is 0.373. The Hall–Kier alpha value is -0.0800. The predicted molar refractivity (Wildman–Crippen MR) is 66.9 cm³/mol. The van der Waals surface area contributed by atoms with Crippen LogP contribution in [0.3, 0.4) is 0 Å². The Morgan fingerprint density at radius 3 is 2.60 bits per heavy atom. The summed E-state index contributed by atoms with van der Waals surface area (Å²) in [4.78, 5) is 0. The van der Waals surface area contributed by atoms with Crippen LogP contribution in [0.1, 0.15) is 52.9 Å².